The van der Waals surface area contributed by atoms with E-state index in [0.29, 0.717) is 24.5 Å². The van der Waals surface area contributed by atoms with E-state index in [-0.39, 0.29) is 18.4 Å². The zero-order valence-electron chi connectivity index (χ0n) is 12.8. The largest absolute Gasteiger partial charge is 0.349 e. The first kappa shape index (κ1) is 15.8. The molecule has 2 aromatic rings. The van der Waals surface area contributed by atoms with E-state index in [1.54, 1.807) is 17.2 Å². The predicted molar refractivity (Wildman–Crippen MR) is 87.1 cm³/mol. The summed E-state index contributed by atoms with van der Waals surface area (Å²) in [5.74, 6) is -0.0876. The van der Waals surface area contributed by atoms with Crippen molar-refractivity contribution in [1.29, 1.82) is 0 Å². The second-order valence-electron chi connectivity index (χ2n) is 5.75. The Balaban J connectivity index is 1.56. The lowest BCUT2D eigenvalue weighted by atomic mass is 10.2. The van der Waals surface area contributed by atoms with Crippen LogP contribution in [0.4, 0.5) is 0 Å². The van der Waals surface area contributed by atoms with Crippen LogP contribution in [0, 0.1) is 0 Å². The Hall–Kier alpha value is -2.08. The normalized spacial score (nSPS) is 15.7. The molecule has 0 spiro atoms. The van der Waals surface area contributed by atoms with Crippen molar-refractivity contribution in [3.05, 3.63) is 35.2 Å². The second kappa shape index (κ2) is 7.00. The number of halogens is 1. The van der Waals surface area contributed by atoms with Crippen LogP contribution in [0.25, 0.3) is 5.65 Å². The van der Waals surface area contributed by atoms with Gasteiger partial charge >= 0.3 is 0 Å². The Kier molecular flexibility index (Phi) is 4.81. The molecule has 0 unspecified atom stereocenters. The van der Waals surface area contributed by atoms with E-state index in [9.17, 15) is 9.59 Å². The molecule has 0 saturated carbocycles. The minimum atomic E-state index is -0.157. The maximum Gasteiger partial charge on any atom is 0.239 e. The van der Waals surface area contributed by atoms with E-state index in [4.69, 9.17) is 11.6 Å². The van der Waals surface area contributed by atoms with Gasteiger partial charge in [0.1, 0.15) is 5.65 Å². The summed E-state index contributed by atoms with van der Waals surface area (Å²) in [6.45, 7) is 1.12. The Labute approximate surface area is 139 Å². The van der Waals surface area contributed by atoms with Gasteiger partial charge < -0.3 is 14.6 Å². The highest BCUT2D eigenvalue weighted by molar-refractivity contribution is 6.30. The van der Waals surface area contributed by atoms with Crippen molar-refractivity contribution in [2.75, 3.05) is 13.1 Å². The van der Waals surface area contributed by atoms with Crippen LogP contribution in [0.1, 0.15) is 31.4 Å². The third kappa shape index (κ3) is 4.01. The minimum absolute atomic E-state index is 0.0695. The van der Waals surface area contributed by atoms with E-state index in [1.165, 1.54) is 0 Å². The Morgan fingerprint density at radius 3 is 3.00 bits per heavy atom. The number of pyridine rings is 1. The second-order valence-corrected chi connectivity index (χ2v) is 6.18. The number of hydrogen-bond acceptors (Lipinski definition) is 3. The van der Waals surface area contributed by atoms with Gasteiger partial charge in [-0.25, -0.2) is 4.98 Å². The number of carbonyl (C=O) groups is 2. The molecule has 0 aromatic carbocycles. The molecule has 122 valence electrons. The van der Waals surface area contributed by atoms with Crippen LogP contribution in [0.3, 0.4) is 0 Å². The van der Waals surface area contributed by atoms with Gasteiger partial charge in [-0.15, -0.1) is 0 Å². The summed E-state index contributed by atoms with van der Waals surface area (Å²) in [5, 5.41) is 3.45. The molecule has 1 N–H and O–H groups in total. The molecule has 3 heterocycles. The fourth-order valence-corrected chi connectivity index (χ4v) is 2.89. The maximum atomic E-state index is 12.1. The SMILES string of the molecule is O=C(CN1CCCCCC1=O)NCc1cn2cc(Cl)ccc2n1. The number of rotatable bonds is 4. The number of imidazole rings is 1. The molecular weight excluding hydrogens is 316 g/mol. The third-order valence-electron chi connectivity index (χ3n) is 3.94. The van der Waals surface area contributed by atoms with Crippen molar-refractivity contribution in [3.63, 3.8) is 0 Å². The van der Waals surface area contributed by atoms with E-state index >= 15 is 0 Å². The van der Waals surface area contributed by atoms with Gasteiger partial charge in [0.15, 0.2) is 0 Å². The highest BCUT2D eigenvalue weighted by atomic mass is 35.5. The Bertz CT molecular complexity index is 728. The first-order chi connectivity index (χ1) is 11.1. The highest BCUT2D eigenvalue weighted by Gasteiger charge is 2.19. The average Bonchev–Trinajstić information content (AvgIpc) is 2.82. The number of nitrogens with one attached hydrogen (secondary N) is 1. The lowest BCUT2D eigenvalue weighted by molar-refractivity contribution is -0.135. The van der Waals surface area contributed by atoms with Crippen LogP contribution in [-0.4, -0.2) is 39.2 Å². The summed E-state index contributed by atoms with van der Waals surface area (Å²) in [6, 6.07) is 3.60. The van der Waals surface area contributed by atoms with Gasteiger partial charge in [-0.3, -0.25) is 9.59 Å². The molecule has 7 heteroatoms. The Morgan fingerprint density at radius 2 is 2.13 bits per heavy atom. The molecule has 6 nitrogen and oxygen atoms in total. The van der Waals surface area contributed by atoms with Crippen LogP contribution >= 0.6 is 11.6 Å². The van der Waals surface area contributed by atoms with Crippen LogP contribution < -0.4 is 5.32 Å². The lowest BCUT2D eigenvalue weighted by Crippen LogP contribution is -2.40. The molecule has 0 aliphatic carbocycles. The molecule has 1 aliphatic rings. The number of aromatic nitrogens is 2. The molecule has 1 saturated heterocycles. The van der Waals surface area contributed by atoms with Gasteiger partial charge in [0.2, 0.25) is 11.8 Å². The number of likely N-dealkylation sites (tertiary alicyclic amines) is 1. The molecule has 1 aliphatic heterocycles. The monoisotopic (exact) mass is 334 g/mol. The molecule has 0 bridgehead atoms. The fourth-order valence-electron chi connectivity index (χ4n) is 2.73. The molecule has 0 atom stereocenters. The molecule has 23 heavy (non-hydrogen) atoms. The standard InChI is InChI=1S/C16H19ClN4O2/c17-12-5-6-14-19-13(10-21(14)9-12)8-18-15(22)11-20-7-3-1-2-4-16(20)23/h5-6,9-10H,1-4,7-8,11H2,(H,18,22). The number of carbonyl (C=O) groups excluding carboxylic acids is 2. The van der Waals surface area contributed by atoms with Gasteiger partial charge in [0.25, 0.3) is 0 Å². The average molecular weight is 335 g/mol. The number of nitrogens with zero attached hydrogens (tertiary/aromatic N) is 3. The van der Waals surface area contributed by atoms with Crippen molar-refractivity contribution in [1.82, 2.24) is 19.6 Å². The molecule has 3 rings (SSSR count). The van der Waals surface area contributed by atoms with Crippen molar-refractivity contribution < 1.29 is 9.59 Å². The fraction of sp³-hybridized carbons (Fsp3) is 0.438. The molecule has 1 fully saturated rings. The van der Waals surface area contributed by atoms with Crippen molar-refractivity contribution in [2.45, 2.75) is 32.2 Å². The summed E-state index contributed by atoms with van der Waals surface area (Å²) in [7, 11) is 0. The van der Waals surface area contributed by atoms with Gasteiger partial charge in [0.05, 0.1) is 23.8 Å². The summed E-state index contributed by atoms with van der Waals surface area (Å²) in [4.78, 5) is 30.0. The number of amides is 2. The highest BCUT2D eigenvalue weighted by Crippen LogP contribution is 2.12. The topological polar surface area (TPSA) is 66.7 Å². The van der Waals surface area contributed by atoms with Crippen molar-refractivity contribution in [2.24, 2.45) is 0 Å². The molecular formula is C16H19ClN4O2. The first-order valence-electron chi connectivity index (χ1n) is 7.79. The van der Waals surface area contributed by atoms with E-state index in [1.807, 2.05) is 16.7 Å². The number of fused-ring (bicyclic) bond motifs is 1. The van der Waals surface area contributed by atoms with Gasteiger partial charge in [-0.2, -0.15) is 0 Å². The Morgan fingerprint density at radius 1 is 1.26 bits per heavy atom. The van der Waals surface area contributed by atoms with Gasteiger partial charge in [0, 0.05) is 25.4 Å². The van der Waals surface area contributed by atoms with Crippen molar-refractivity contribution in [3.8, 4) is 0 Å². The van der Waals surface area contributed by atoms with E-state index in [0.717, 1.165) is 30.6 Å². The predicted octanol–water partition coefficient (Wildman–Crippen LogP) is 2.01. The van der Waals surface area contributed by atoms with E-state index < -0.39 is 0 Å². The van der Waals surface area contributed by atoms with E-state index in [2.05, 4.69) is 10.3 Å². The summed E-state index contributed by atoms with van der Waals surface area (Å²) >= 11 is 5.94. The van der Waals surface area contributed by atoms with Crippen LogP contribution in [0.15, 0.2) is 24.5 Å². The van der Waals surface area contributed by atoms with Crippen molar-refractivity contribution >= 4 is 29.1 Å². The maximum absolute atomic E-state index is 12.1. The third-order valence-corrected chi connectivity index (χ3v) is 4.16. The molecule has 2 aromatic heterocycles. The number of hydrogen-bond donors (Lipinski definition) is 1. The molecule has 0 radical (unpaired) electrons. The summed E-state index contributed by atoms with van der Waals surface area (Å²) < 4.78 is 1.82. The first-order valence-corrected chi connectivity index (χ1v) is 8.17. The molecule has 2 amide bonds. The van der Waals surface area contributed by atoms with Crippen LogP contribution in [0.5, 0.6) is 0 Å². The van der Waals surface area contributed by atoms with Crippen LogP contribution in [0.2, 0.25) is 5.02 Å². The van der Waals surface area contributed by atoms with Crippen LogP contribution in [-0.2, 0) is 16.1 Å². The summed E-state index contributed by atoms with van der Waals surface area (Å²) in [6.07, 6.45) is 7.07. The van der Waals surface area contributed by atoms with Gasteiger partial charge in [-0.05, 0) is 25.0 Å². The lowest BCUT2D eigenvalue weighted by Gasteiger charge is -2.19. The van der Waals surface area contributed by atoms with Gasteiger partial charge in [-0.1, -0.05) is 18.0 Å². The quantitative estimate of drug-likeness (QED) is 0.930. The smallest absolute Gasteiger partial charge is 0.239 e. The zero-order valence-corrected chi connectivity index (χ0v) is 13.6. The minimum Gasteiger partial charge on any atom is -0.349 e. The summed E-state index contributed by atoms with van der Waals surface area (Å²) in [5.41, 5.74) is 1.53. The zero-order chi connectivity index (χ0) is 16.2.